The number of carbonyl (C=O) groups excluding carboxylic acids is 2. The Bertz CT molecular complexity index is 893. The van der Waals surface area contributed by atoms with Gasteiger partial charge in [0, 0.05) is 68.8 Å². The van der Waals surface area contributed by atoms with Crippen LogP contribution in [0.3, 0.4) is 0 Å². The summed E-state index contributed by atoms with van der Waals surface area (Å²) in [5.74, 6) is 0.827. The van der Waals surface area contributed by atoms with Gasteiger partial charge in [0.2, 0.25) is 11.8 Å². The fourth-order valence-corrected chi connectivity index (χ4v) is 5.31. The first-order valence-electron chi connectivity index (χ1n) is 11.2. The maximum atomic E-state index is 12.6. The average Bonchev–Trinajstić information content (AvgIpc) is 2.69. The SMILES string of the molecule is CC(=O)N1CCC(N2CC3CC(C2)c2c(NC(=O)C(C)(C)C)ccc(=O)n2C3)CC1. The second-order valence-electron chi connectivity index (χ2n) is 10.3. The van der Waals surface area contributed by atoms with Gasteiger partial charge in [0.1, 0.15) is 0 Å². The molecule has 4 heterocycles. The summed E-state index contributed by atoms with van der Waals surface area (Å²) in [6.07, 6.45) is 3.08. The molecule has 2 fully saturated rings. The van der Waals surface area contributed by atoms with Crippen LogP contribution in [0.25, 0.3) is 0 Å². The number of hydrogen-bond acceptors (Lipinski definition) is 4. The van der Waals surface area contributed by atoms with E-state index in [2.05, 4.69) is 10.2 Å². The normalized spacial score (nSPS) is 25.0. The summed E-state index contributed by atoms with van der Waals surface area (Å²) in [5, 5.41) is 3.09. The van der Waals surface area contributed by atoms with Gasteiger partial charge >= 0.3 is 0 Å². The van der Waals surface area contributed by atoms with Crippen molar-refractivity contribution in [1.29, 1.82) is 0 Å². The van der Waals surface area contributed by atoms with Crippen molar-refractivity contribution in [3.63, 3.8) is 0 Å². The number of nitrogens with zero attached hydrogens (tertiary/aromatic N) is 3. The van der Waals surface area contributed by atoms with Crippen LogP contribution >= 0.6 is 0 Å². The smallest absolute Gasteiger partial charge is 0.250 e. The number of fused-ring (bicyclic) bond motifs is 4. The van der Waals surface area contributed by atoms with Crippen LogP contribution in [-0.2, 0) is 16.1 Å². The molecule has 2 amide bonds. The number of amides is 2. The van der Waals surface area contributed by atoms with Crippen LogP contribution in [0.15, 0.2) is 16.9 Å². The van der Waals surface area contributed by atoms with Gasteiger partial charge in [-0.15, -0.1) is 0 Å². The molecule has 1 aromatic rings. The summed E-state index contributed by atoms with van der Waals surface area (Å²) in [4.78, 5) is 41.4. The summed E-state index contributed by atoms with van der Waals surface area (Å²) >= 11 is 0. The van der Waals surface area contributed by atoms with Crippen LogP contribution in [0.5, 0.6) is 0 Å². The Balaban J connectivity index is 1.56. The molecule has 2 saturated heterocycles. The molecule has 2 unspecified atom stereocenters. The van der Waals surface area contributed by atoms with Crippen molar-refractivity contribution in [2.45, 2.75) is 65.5 Å². The summed E-state index contributed by atoms with van der Waals surface area (Å²) in [7, 11) is 0. The Kier molecular flexibility index (Phi) is 5.51. The maximum Gasteiger partial charge on any atom is 0.250 e. The number of likely N-dealkylation sites (tertiary alicyclic amines) is 2. The van der Waals surface area contributed by atoms with E-state index in [0.717, 1.165) is 56.8 Å². The molecule has 7 nitrogen and oxygen atoms in total. The minimum atomic E-state index is -0.492. The van der Waals surface area contributed by atoms with Gasteiger partial charge in [-0.25, -0.2) is 0 Å². The van der Waals surface area contributed by atoms with E-state index in [1.807, 2.05) is 30.2 Å². The van der Waals surface area contributed by atoms with Crippen molar-refractivity contribution >= 4 is 17.5 Å². The Labute approximate surface area is 178 Å². The van der Waals surface area contributed by atoms with E-state index in [1.165, 1.54) is 0 Å². The summed E-state index contributed by atoms with van der Waals surface area (Å²) in [6.45, 7) is 11.6. The summed E-state index contributed by atoms with van der Waals surface area (Å²) < 4.78 is 1.90. The highest BCUT2D eigenvalue weighted by molar-refractivity contribution is 5.95. The van der Waals surface area contributed by atoms with Crippen LogP contribution < -0.4 is 10.9 Å². The Morgan fingerprint density at radius 3 is 2.40 bits per heavy atom. The second kappa shape index (κ2) is 7.84. The van der Waals surface area contributed by atoms with Crippen LogP contribution in [0.4, 0.5) is 5.69 Å². The number of hydrogen-bond donors (Lipinski definition) is 1. The predicted molar refractivity (Wildman–Crippen MR) is 116 cm³/mol. The van der Waals surface area contributed by atoms with Crippen molar-refractivity contribution in [3.8, 4) is 0 Å². The topological polar surface area (TPSA) is 74.7 Å². The van der Waals surface area contributed by atoms with Crippen LogP contribution in [0.1, 0.15) is 58.6 Å². The third-order valence-corrected chi connectivity index (χ3v) is 6.97. The molecule has 3 aliphatic heterocycles. The Hall–Kier alpha value is -2.15. The van der Waals surface area contributed by atoms with Gasteiger partial charge in [0.15, 0.2) is 0 Å². The molecule has 2 bridgehead atoms. The highest BCUT2D eigenvalue weighted by Crippen LogP contribution is 2.40. The minimum Gasteiger partial charge on any atom is -0.343 e. The van der Waals surface area contributed by atoms with Crippen molar-refractivity contribution in [3.05, 3.63) is 28.2 Å². The molecule has 3 aliphatic rings. The van der Waals surface area contributed by atoms with Gasteiger partial charge in [-0.05, 0) is 31.2 Å². The van der Waals surface area contributed by atoms with Crippen LogP contribution in [0, 0.1) is 11.3 Å². The first kappa shape index (κ1) is 21.1. The molecule has 1 N–H and O–H groups in total. The number of nitrogens with one attached hydrogen (secondary N) is 1. The lowest BCUT2D eigenvalue weighted by Crippen LogP contribution is -2.53. The van der Waals surface area contributed by atoms with Gasteiger partial charge in [0.05, 0.1) is 5.69 Å². The zero-order valence-corrected chi connectivity index (χ0v) is 18.6. The first-order valence-corrected chi connectivity index (χ1v) is 11.2. The summed E-state index contributed by atoms with van der Waals surface area (Å²) in [5.41, 5.74) is 1.30. The zero-order valence-electron chi connectivity index (χ0n) is 18.6. The van der Waals surface area contributed by atoms with E-state index >= 15 is 0 Å². The molecule has 0 saturated carbocycles. The Morgan fingerprint density at radius 1 is 1.07 bits per heavy atom. The molecule has 7 heteroatoms. The molecular formula is C23H34N4O3. The third-order valence-electron chi connectivity index (χ3n) is 6.97. The van der Waals surface area contributed by atoms with E-state index in [0.29, 0.717) is 18.5 Å². The van der Waals surface area contributed by atoms with Crippen LogP contribution in [-0.4, -0.2) is 58.4 Å². The quantitative estimate of drug-likeness (QED) is 0.806. The number of carbonyl (C=O) groups is 2. The van der Waals surface area contributed by atoms with Crippen molar-refractivity contribution in [1.82, 2.24) is 14.4 Å². The maximum absolute atomic E-state index is 12.6. The lowest BCUT2D eigenvalue weighted by atomic mass is 9.81. The molecular weight excluding hydrogens is 380 g/mol. The molecule has 1 aromatic heterocycles. The largest absolute Gasteiger partial charge is 0.343 e. The van der Waals surface area contributed by atoms with E-state index in [9.17, 15) is 14.4 Å². The van der Waals surface area contributed by atoms with Crippen molar-refractivity contribution < 1.29 is 9.59 Å². The molecule has 2 atom stereocenters. The molecule has 30 heavy (non-hydrogen) atoms. The van der Waals surface area contributed by atoms with Gasteiger partial charge in [-0.3, -0.25) is 19.3 Å². The number of anilines is 1. The lowest BCUT2D eigenvalue weighted by molar-refractivity contribution is -0.130. The molecule has 164 valence electrons. The van der Waals surface area contributed by atoms with Gasteiger partial charge in [-0.2, -0.15) is 0 Å². The highest BCUT2D eigenvalue weighted by Gasteiger charge is 2.39. The first-order chi connectivity index (χ1) is 14.1. The highest BCUT2D eigenvalue weighted by atomic mass is 16.2. The number of aromatic nitrogens is 1. The predicted octanol–water partition coefficient (Wildman–Crippen LogP) is 2.26. The van der Waals surface area contributed by atoms with Gasteiger partial charge < -0.3 is 14.8 Å². The lowest BCUT2D eigenvalue weighted by Gasteiger charge is -2.48. The van der Waals surface area contributed by atoms with E-state index < -0.39 is 5.41 Å². The van der Waals surface area contributed by atoms with Crippen molar-refractivity contribution in [2.75, 3.05) is 31.5 Å². The molecule has 4 rings (SSSR count). The summed E-state index contributed by atoms with van der Waals surface area (Å²) in [6, 6.07) is 3.85. The molecule has 0 spiro atoms. The van der Waals surface area contributed by atoms with E-state index in [-0.39, 0.29) is 23.3 Å². The molecule has 0 radical (unpaired) electrons. The minimum absolute atomic E-state index is 0.0247. The average molecular weight is 415 g/mol. The standard InChI is InChI=1S/C23H34N4O3/c1-15(28)25-9-7-18(8-10-25)26-12-16-11-17(14-26)21-19(24-22(30)23(2,3)4)5-6-20(29)27(21)13-16/h5-6,16-18H,7-14H2,1-4H3,(H,24,30). The van der Waals surface area contributed by atoms with Gasteiger partial charge in [-0.1, -0.05) is 20.8 Å². The molecule has 0 aliphatic carbocycles. The number of piperidine rings is 2. The molecule has 0 aromatic carbocycles. The van der Waals surface area contributed by atoms with Gasteiger partial charge in [0.25, 0.3) is 5.56 Å². The third kappa shape index (κ3) is 4.04. The van der Waals surface area contributed by atoms with E-state index in [1.54, 1.807) is 19.1 Å². The zero-order chi connectivity index (χ0) is 21.6. The van der Waals surface area contributed by atoms with Crippen LogP contribution in [0.2, 0.25) is 0 Å². The fourth-order valence-electron chi connectivity index (χ4n) is 5.31. The number of pyridine rings is 1. The second-order valence-corrected chi connectivity index (χ2v) is 10.3. The Morgan fingerprint density at radius 2 is 1.77 bits per heavy atom. The fraction of sp³-hybridized carbons (Fsp3) is 0.696. The van der Waals surface area contributed by atoms with E-state index in [4.69, 9.17) is 0 Å². The van der Waals surface area contributed by atoms with Crippen molar-refractivity contribution in [2.24, 2.45) is 11.3 Å². The number of rotatable bonds is 2. The monoisotopic (exact) mass is 414 g/mol.